The van der Waals surface area contributed by atoms with Gasteiger partial charge in [0.1, 0.15) is 17.6 Å². The molecule has 0 saturated heterocycles. The van der Waals surface area contributed by atoms with E-state index < -0.39 is 28.6 Å². The maximum Gasteiger partial charge on any atom is 0.433 e. The summed E-state index contributed by atoms with van der Waals surface area (Å²) in [5, 5.41) is 22.5. The van der Waals surface area contributed by atoms with Crippen molar-refractivity contribution in [1.29, 1.82) is 0 Å². The molecule has 19 heavy (non-hydrogen) atoms. The van der Waals surface area contributed by atoms with Crippen LogP contribution in [0.4, 0.5) is 24.5 Å². The van der Waals surface area contributed by atoms with Gasteiger partial charge in [-0.3, -0.25) is 10.1 Å². The number of aliphatic hydroxyl groups is 1. The van der Waals surface area contributed by atoms with Gasteiger partial charge in [0, 0.05) is 6.04 Å². The van der Waals surface area contributed by atoms with E-state index in [1.165, 1.54) is 0 Å². The van der Waals surface area contributed by atoms with Crippen LogP contribution in [0.15, 0.2) is 12.3 Å². The molecule has 0 amide bonds. The minimum absolute atomic E-state index is 0.232. The van der Waals surface area contributed by atoms with Crippen LogP contribution in [0.25, 0.3) is 0 Å². The molecule has 2 N–H and O–H groups in total. The molecule has 1 heterocycles. The highest BCUT2D eigenvalue weighted by atomic mass is 19.4. The minimum atomic E-state index is -4.66. The standard InChI is InChI=1S/C10H10F3N3O3/c11-10(12,13)9-3-7(8(4-14-9)16(18)19)15-5-1-6(17)2-5/h3-6,17H,1-2H2,(H,14,15). The molecule has 1 aromatic rings. The van der Waals surface area contributed by atoms with E-state index in [2.05, 4.69) is 10.3 Å². The van der Waals surface area contributed by atoms with Crippen molar-refractivity contribution >= 4 is 11.4 Å². The first-order valence-electron chi connectivity index (χ1n) is 5.43. The number of nitrogens with one attached hydrogen (secondary N) is 1. The van der Waals surface area contributed by atoms with Crippen LogP contribution >= 0.6 is 0 Å². The molecule has 0 spiro atoms. The van der Waals surface area contributed by atoms with Crippen LogP contribution in [0.2, 0.25) is 0 Å². The van der Waals surface area contributed by atoms with Crippen molar-refractivity contribution in [3.8, 4) is 0 Å². The molecule has 104 valence electrons. The number of hydrogen-bond donors (Lipinski definition) is 2. The van der Waals surface area contributed by atoms with E-state index in [1.54, 1.807) is 0 Å². The third kappa shape index (κ3) is 2.92. The summed E-state index contributed by atoms with van der Waals surface area (Å²) < 4.78 is 37.5. The summed E-state index contributed by atoms with van der Waals surface area (Å²) in [4.78, 5) is 13.0. The van der Waals surface area contributed by atoms with Gasteiger partial charge in [-0.05, 0) is 18.9 Å². The van der Waals surface area contributed by atoms with Crippen LogP contribution in [-0.4, -0.2) is 27.2 Å². The Balaban J connectivity index is 2.28. The van der Waals surface area contributed by atoms with Crippen LogP contribution in [-0.2, 0) is 6.18 Å². The maximum atomic E-state index is 12.5. The van der Waals surface area contributed by atoms with Crippen LogP contribution < -0.4 is 5.32 Å². The van der Waals surface area contributed by atoms with Crippen LogP contribution in [0, 0.1) is 10.1 Å². The zero-order valence-corrected chi connectivity index (χ0v) is 9.52. The summed E-state index contributed by atoms with van der Waals surface area (Å²) in [6.07, 6.45) is -3.90. The summed E-state index contributed by atoms with van der Waals surface area (Å²) in [7, 11) is 0. The first-order chi connectivity index (χ1) is 8.77. The zero-order chi connectivity index (χ0) is 14.2. The molecule has 0 bridgehead atoms. The molecule has 0 aromatic carbocycles. The largest absolute Gasteiger partial charge is 0.433 e. The van der Waals surface area contributed by atoms with Gasteiger partial charge in [0.25, 0.3) is 0 Å². The van der Waals surface area contributed by atoms with Gasteiger partial charge in [0.2, 0.25) is 0 Å². The topological polar surface area (TPSA) is 88.3 Å². The van der Waals surface area contributed by atoms with Gasteiger partial charge in [-0.2, -0.15) is 13.2 Å². The Labute approximate surface area is 105 Å². The van der Waals surface area contributed by atoms with Crippen LogP contribution in [0.3, 0.4) is 0 Å². The molecular weight excluding hydrogens is 267 g/mol. The fraction of sp³-hybridized carbons (Fsp3) is 0.500. The monoisotopic (exact) mass is 277 g/mol. The molecule has 9 heteroatoms. The Hall–Kier alpha value is -1.90. The second-order valence-corrected chi connectivity index (χ2v) is 4.31. The quantitative estimate of drug-likeness (QED) is 0.651. The molecule has 0 radical (unpaired) electrons. The summed E-state index contributed by atoms with van der Waals surface area (Å²) in [6.45, 7) is 0. The molecule has 1 fully saturated rings. The lowest BCUT2D eigenvalue weighted by molar-refractivity contribution is -0.384. The van der Waals surface area contributed by atoms with Crippen molar-refractivity contribution in [3.05, 3.63) is 28.1 Å². The Bertz CT molecular complexity index is 501. The number of halogens is 3. The third-order valence-corrected chi connectivity index (χ3v) is 2.84. The predicted octanol–water partition coefficient (Wildman–Crippen LogP) is 1.94. The van der Waals surface area contributed by atoms with Crippen molar-refractivity contribution in [2.24, 2.45) is 0 Å². The highest BCUT2D eigenvalue weighted by molar-refractivity contribution is 5.61. The van der Waals surface area contributed by atoms with Gasteiger partial charge >= 0.3 is 11.9 Å². The smallest absolute Gasteiger partial charge is 0.393 e. The van der Waals surface area contributed by atoms with Crippen molar-refractivity contribution in [1.82, 2.24) is 4.98 Å². The molecule has 1 aromatic heterocycles. The maximum absolute atomic E-state index is 12.5. The molecular formula is C10H10F3N3O3. The van der Waals surface area contributed by atoms with E-state index >= 15 is 0 Å². The van der Waals surface area contributed by atoms with Gasteiger partial charge in [-0.25, -0.2) is 4.98 Å². The average Bonchev–Trinajstić information content (AvgIpc) is 2.25. The summed E-state index contributed by atoms with van der Waals surface area (Å²) in [5.41, 5.74) is -1.95. The van der Waals surface area contributed by atoms with Gasteiger partial charge in [0.05, 0.1) is 11.0 Å². The molecule has 0 atom stereocenters. The minimum Gasteiger partial charge on any atom is -0.393 e. The first kappa shape index (κ1) is 13.5. The Kier molecular flexibility index (Phi) is 3.31. The number of hydrogen-bond acceptors (Lipinski definition) is 5. The highest BCUT2D eigenvalue weighted by Crippen LogP contribution is 2.34. The summed E-state index contributed by atoms with van der Waals surface area (Å²) in [6, 6.07) is 0.347. The summed E-state index contributed by atoms with van der Waals surface area (Å²) in [5.74, 6) is 0. The third-order valence-electron chi connectivity index (χ3n) is 2.84. The van der Waals surface area contributed by atoms with E-state index in [9.17, 15) is 23.3 Å². The van der Waals surface area contributed by atoms with E-state index in [0.29, 0.717) is 25.1 Å². The molecule has 0 unspecified atom stereocenters. The van der Waals surface area contributed by atoms with Crippen LogP contribution in [0.5, 0.6) is 0 Å². The van der Waals surface area contributed by atoms with Gasteiger partial charge in [-0.15, -0.1) is 0 Å². The average molecular weight is 277 g/mol. The number of alkyl halides is 3. The Morgan fingerprint density at radius 1 is 1.47 bits per heavy atom. The number of nitro groups is 1. The number of pyridine rings is 1. The molecule has 1 aliphatic rings. The molecule has 1 aliphatic carbocycles. The number of aliphatic hydroxyl groups excluding tert-OH is 1. The van der Waals surface area contributed by atoms with Crippen molar-refractivity contribution in [2.75, 3.05) is 5.32 Å². The molecule has 2 rings (SSSR count). The number of anilines is 1. The Morgan fingerprint density at radius 3 is 2.58 bits per heavy atom. The van der Waals surface area contributed by atoms with E-state index in [1.807, 2.05) is 0 Å². The van der Waals surface area contributed by atoms with Crippen molar-refractivity contribution < 1.29 is 23.2 Å². The van der Waals surface area contributed by atoms with Crippen LogP contribution in [0.1, 0.15) is 18.5 Å². The lowest BCUT2D eigenvalue weighted by Crippen LogP contribution is -2.39. The van der Waals surface area contributed by atoms with E-state index in [0.717, 1.165) is 0 Å². The van der Waals surface area contributed by atoms with Crippen molar-refractivity contribution in [3.63, 3.8) is 0 Å². The molecule has 1 saturated carbocycles. The van der Waals surface area contributed by atoms with E-state index in [4.69, 9.17) is 5.11 Å². The predicted molar refractivity (Wildman–Crippen MR) is 58.5 cm³/mol. The molecule has 0 aliphatic heterocycles. The number of aromatic nitrogens is 1. The second-order valence-electron chi connectivity index (χ2n) is 4.31. The number of nitrogens with zero attached hydrogens (tertiary/aromatic N) is 2. The fourth-order valence-corrected chi connectivity index (χ4v) is 1.79. The highest BCUT2D eigenvalue weighted by Gasteiger charge is 2.35. The number of rotatable bonds is 3. The Morgan fingerprint density at radius 2 is 2.11 bits per heavy atom. The van der Waals surface area contributed by atoms with Crippen molar-refractivity contribution in [2.45, 2.75) is 31.2 Å². The lowest BCUT2D eigenvalue weighted by atomic mass is 9.89. The molecule has 6 nitrogen and oxygen atoms in total. The summed E-state index contributed by atoms with van der Waals surface area (Å²) >= 11 is 0. The fourth-order valence-electron chi connectivity index (χ4n) is 1.79. The first-order valence-corrected chi connectivity index (χ1v) is 5.43. The zero-order valence-electron chi connectivity index (χ0n) is 9.52. The van der Waals surface area contributed by atoms with Gasteiger partial charge < -0.3 is 10.4 Å². The second kappa shape index (κ2) is 4.65. The van der Waals surface area contributed by atoms with E-state index in [-0.39, 0.29) is 11.7 Å². The van der Waals surface area contributed by atoms with Gasteiger partial charge in [-0.1, -0.05) is 0 Å². The van der Waals surface area contributed by atoms with Gasteiger partial charge in [0.15, 0.2) is 0 Å². The SMILES string of the molecule is O=[N+]([O-])c1cnc(C(F)(F)F)cc1NC1CC(O)C1. The lowest BCUT2D eigenvalue weighted by Gasteiger charge is -2.32. The normalized spacial score (nSPS) is 22.7.